The highest BCUT2D eigenvalue weighted by molar-refractivity contribution is 5.56. The summed E-state index contributed by atoms with van der Waals surface area (Å²) in [6.45, 7) is 0.527. The van der Waals surface area contributed by atoms with Crippen LogP contribution < -0.4 is 15.2 Å². The Balaban J connectivity index is 2.49. The molecule has 0 amide bonds. The molecule has 1 aromatic rings. The summed E-state index contributed by atoms with van der Waals surface area (Å²) in [5.74, 6) is 1.34. The summed E-state index contributed by atoms with van der Waals surface area (Å²) in [6.07, 6.45) is 1.23. The van der Waals surface area contributed by atoms with Crippen LogP contribution in [0.3, 0.4) is 0 Å². The van der Waals surface area contributed by atoms with Crippen molar-refractivity contribution in [3.63, 3.8) is 0 Å². The van der Waals surface area contributed by atoms with Crippen molar-refractivity contribution >= 4 is 5.69 Å². The van der Waals surface area contributed by atoms with Gasteiger partial charge < -0.3 is 15.2 Å². The summed E-state index contributed by atoms with van der Waals surface area (Å²) in [5, 5.41) is 8.33. The standard InChI is InChI=1S/C11H14N2O2/c1-14-11-5-4-9(8-10(11)13)15-7-3-2-6-12/h4-5,8H,2-3,7,13H2,1H3. The summed E-state index contributed by atoms with van der Waals surface area (Å²) in [5.41, 5.74) is 6.26. The van der Waals surface area contributed by atoms with Crippen LogP contribution in [0.5, 0.6) is 11.5 Å². The molecule has 15 heavy (non-hydrogen) atoms. The van der Waals surface area contributed by atoms with E-state index in [0.29, 0.717) is 30.2 Å². The number of methoxy groups -OCH3 is 1. The van der Waals surface area contributed by atoms with Gasteiger partial charge in [-0.15, -0.1) is 0 Å². The first-order valence-corrected chi connectivity index (χ1v) is 4.71. The molecule has 0 saturated carbocycles. The third kappa shape index (κ3) is 3.39. The van der Waals surface area contributed by atoms with E-state index in [1.54, 1.807) is 25.3 Å². The molecule has 0 radical (unpaired) electrons. The lowest BCUT2D eigenvalue weighted by atomic mass is 10.3. The van der Waals surface area contributed by atoms with Crippen molar-refractivity contribution in [2.45, 2.75) is 12.8 Å². The largest absolute Gasteiger partial charge is 0.495 e. The van der Waals surface area contributed by atoms with Crippen LogP contribution in [-0.4, -0.2) is 13.7 Å². The SMILES string of the molecule is COc1ccc(OCCCC#N)cc1N. The Morgan fingerprint density at radius 1 is 1.47 bits per heavy atom. The highest BCUT2D eigenvalue weighted by Gasteiger charge is 2.00. The van der Waals surface area contributed by atoms with Gasteiger partial charge in [-0.2, -0.15) is 5.26 Å². The predicted molar refractivity (Wildman–Crippen MR) is 57.7 cm³/mol. The van der Waals surface area contributed by atoms with E-state index in [1.165, 1.54) is 0 Å². The molecule has 1 rings (SSSR count). The van der Waals surface area contributed by atoms with Crippen molar-refractivity contribution in [2.24, 2.45) is 0 Å². The van der Waals surface area contributed by atoms with Crippen LogP contribution in [0.25, 0.3) is 0 Å². The maximum atomic E-state index is 8.33. The number of nitrogen functional groups attached to an aromatic ring is 1. The highest BCUT2D eigenvalue weighted by atomic mass is 16.5. The Morgan fingerprint density at radius 3 is 2.87 bits per heavy atom. The molecule has 0 bridgehead atoms. The Hall–Kier alpha value is -1.89. The van der Waals surface area contributed by atoms with Gasteiger partial charge in [-0.25, -0.2) is 0 Å². The van der Waals surface area contributed by atoms with Crippen LogP contribution in [0.1, 0.15) is 12.8 Å². The van der Waals surface area contributed by atoms with E-state index in [-0.39, 0.29) is 0 Å². The molecule has 2 N–H and O–H groups in total. The summed E-state index contributed by atoms with van der Waals surface area (Å²) in [6, 6.07) is 7.32. The number of hydrogen-bond acceptors (Lipinski definition) is 4. The van der Waals surface area contributed by atoms with Gasteiger partial charge in [0.05, 0.1) is 25.5 Å². The second-order valence-corrected chi connectivity index (χ2v) is 3.01. The Kier molecular flexibility index (Phi) is 4.30. The normalized spacial score (nSPS) is 9.33. The molecule has 1 aromatic carbocycles. The van der Waals surface area contributed by atoms with Crippen LogP contribution in [0.15, 0.2) is 18.2 Å². The second-order valence-electron chi connectivity index (χ2n) is 3.01. The van der Waals surface area contributed by atoms with Crippen molar-refractivity contribution in [3.05, 3.63) is 18.2 Å². The third-order valence-electron chi connectivity index (χ3n) is 1.90. The lowest BCUT2D eigenvalue weighted by Gasteiger charge is -2.08. The zero-order valence-electron chi connectivity index (χ0n) is 8.69. The average Bonchev–Trinajstić information content (AvgIpc) is 2.25. The first-order chi connectivity index (χ1) is 7.27. The van der Waals surface area contributed by atoms with Crippen LogP contribution in [0, 0.1) is 11.3 Å². The van der Waals surface area contributed by atoms with Gasteiger partial charge in [0.1, 0.15) is 11.5 Å². The fraction of sp³-hybridized carbons (Fsp3) is 0.364. The molecule has 0 unspecified atom stereocenters. The molecule has 0 aliphatic carbocycles. The minimum Gasteiger partial charge on any atom is -0.495 e. The van der Waals surface area contributed by atoms with Gasteiger partial charge in [0.25, 0.3) is 0 Å². The molecule has 4 heteroatoms. The number of nitrogens with zero attached hydrogens (tertiary/aromatic N) is 1. The van der Waals surface area contributed by atoms with Crippen molar-refractivity contribution in [1.82, 2.24) is 0 Å². The molecule has 0 atom stereocenters. The fourth-order valence-corrected chi connectivity index (χ4v) is 1.14. The Morgan fingerprint density at radius 2 is 2.27 bits per heavy atom. The topological polar surface area (TPSA) is 68.3 Å². The summed E-state index contributed by atoms with van der Waals surface area (Å²) < 4.78 is 10.4. The number of anilines is 1. The molecule has 80 valence electrons. The highest BCUT2D eigenvalue weighted by Crippen LogP contribution is 2.25. The molecule has 0 aliphatic rings. The van der Waals surface area contributed by atoms with Gasteiger partial charge >= 0.3 is 0 Å². The molecule has 4 nitrogen and oxygen atoms in total. The van der Waals surface area contributed by atoms with Gasteiger partial charge in [0, 0.05) is 12.5 Å². The fourth-order valence-electron chi connectivity index (χ4n) is 1.14. The summed E-state index contributed by atoms with van der Waals surface area (Å²) in [4.78, 5) is 0. The monoisotopic (exact) mass is 206 g/mol. The molecule has 0 saturated heterocycles. The number of nitriles is 1. The van der Waals surface area contributed by atoms with Gasteiger partial charge in [-0.1, -0.05) is 0 Å². The third-order valence-corrected chi connectivity index (χ3v) is 1.90. The number of ether oxygens (including phenoxy) is 2. The molecule has 0 heterocycles. The number of benzene rings is 1. The van der Waals surface area contributed by atoms with E-state index in [4.69, 9.17) is 20.5 Å². The molecule has 0 spiro atoms. The van der Waals surface area contributed by atoms with Crippen LogP contribution >= 0.6 is 0 Å². The Bertz CT molecular complexity index is 358. The van der Waals surface area contributed by atoms with E-state index in [2.05, 4.69) is 6.07 Å². The quantitative estimate of drug-likeness (QED) is 0.590. The van der Waals surface area contributed by atoms with Crippen molar-refractivity contribution in [2.75, 3.05) is 19.5 Å². The number of unbranched alkanes of at least 4 members (excludes halogenated alkanes) is 1. The van der Waals surface area contributed by atoms with Gasteiger partial charge in [-0.05, 0) is 18.6 Å². The lowest BCUT2D eigenvalue weighted by molar-refractivity contribution is 0.312. The zero-order valence-corrected chi connectivity index (χ0v) is 8.69. The van der Waals surface area contributed by atoms with E-state index < -0.39 is 0 Å². The zero-order chi connectivity index (χ0) is 11.1. The maximum Gasteiger partial charge on any atom is 0.142 e. The van der Waals surface area contributed by atoms with Gasteiger partial charge in [-0.3, -0.25) is 0 Å². The lowest BCUT2D eigenvalue weighted by Crippen LogP contribution is -1.98. The van der Waals surface area contributed by atoms with E-state index in [9.17, 15) is 0 Å². The molecule has 0 aromatic heterocycles. The van der Waals surface area contributed by atoms with Crippen molar-refractivity contribution in [3.8, 4) is 17.6 Å². The minimum absolute atomic E-state index is 0.506. The van der Waals surface area contributed by atoms with E-state index in [0.717, 1.165) is 6.42 Å². The van der Waals surface area contributed by atoms with Gasteiger partial charge in [0.15, 0.2) is 0 Å². The first kappa shape index (κ1) is 11.2. The minimum atomic E-state index is 0.506. The molecular weight excluding hydrogens is 192 g/mol. The number of nitrogens with two attached hydrogens (primary N) is 1. The first-order valence-electron chi connectivity index (χ1n) is 4.71. The molecule has 0 aliphatic heterocycles. The van der Waals surface area contributed by atoms with Crippen LogP contribution in [0.4, 0.5) is 5.69 Å². The number of hydrogen-bond donors (Lipinski definition) is 1. The van der Waals surface area contributed by atoms with E-state index >= 15 is 0 Å². The van der Waals surface area contributed by atoms with Crippen molar-refractivity contribution in [1.29, 1.82) is 5.26 Å². The number of rotatable bonds is 5. The van der Waals surface area contributed by atoms with Crippen LogP contribution in [-0.2, 0) is 0 Å². The van der Waals surface area contributed by atoms with Crippen LogP contribution in [0.2, 0.25) is 0 Å². The average molecular weight is 206 g/mol. The predicted octanol–water partition coefficient (Wildman–Crippen LogP) is 1.96. The second kappa shape index (κ2) is 5.76. The van der Waals surface area contributed by atoms with E-state index in [1.807, 2.05) is 0 Å². The summed E-state index contributed by atoms with van der Waals surface area (Å²) >= 11 is 0. The smallest absolute Gasteiger partial charge is 0.142 e. The summed E-state index contributed by atoms with van der Waals surface area (Å²) in [7, 11) is 1.57. The maximum absolute atomic E-state index is 8.33. The van der Waals surface area contributed by atoms with Crippen molar-refractivity contribution < 1.29 is 9.47 Å². The Labute approximate surface area is 89.2 Å². The molecular formula is C11H14N2O2. The molecule has 0 fully saturated rings. The van der Waals surface area contributed by atoms with Gasteiger partial charge in [0.2, 0.25) is 0 Å².